The molecule has 1 aliphatic carbocycles. The number of halogens is 1. The second-order valence-corrected chi connectivity index (χ2v) is 7.10. The fourth-order valence-corrected chi connectivity index (χ4v) is 3.36. The van der Waals surface area contributed by atoms with E-state index in [2.05, 4.69) is 45.3 Å². The van der Waals surface area contributed by atoms with Gasteiger partial charge < -0.3 is 5.73 Å². The summed E-state index contributed by atoms with van der Waals surface area (Å²) in [4.78, 5) is 0. The van der Waals surface area contributed by atoms with Gasteiger partial charge in [-0.25, -0.2) is 4.68 Å². The molecular formula is C14H18BrN5. The van der Waals surface area contributed by atoms with Gasteiger partial charge in [0, 0.05) is 15.7 Å². The van der Waals surface area contributed by atoms with Gasteiger partial charge in [-0.3, -0.25) is 0 Å². The minimum absolute atomic E-state index is 0.362. The van der Waals surface area contributed by atoms with Crippen molar-refractivity contribution in [2.24, 2.45) is 5.41 Å². The lowest BCUT2D eigenvalue weighted by molar-refractivity contribution is 0.349. The van der Waals surface area contributed by atoms with Crippen LogP contribution in [0.4, 0.5) is 5.69 Å². The number of hydrogen-bond donors (Lipinski definition) is 1. The normalized spacial score (nSPS) is 21.2. The Labute approximate surface area is 126 Å². The van der Waals surface area contributed by atoms with E-state index < -0.39 is 0 Å². The van der Waals surface area contributed by atoms with E-state index in [9.17, 15) is 0 Å². The average Bonchev–Trinajstić information content (AvgIpc) is 2.98. The molecule has 6 heteroatoms. The molecule has 1 aromatic carbocycles. The van der Waals surface area contributed by atoms with Crippen LogP contribution in [0.25, 0.3) is 11.4 Å². The molecule has 0 saturated heterocycles. The van der Waals surface area contributed by atoms with Crippen LogP contribution in [0.5, 0.6) is 0 Å². The van der Waals surface area contributed by atoms with Crippen LogP contribution in [0.1, 0.15) is 39.2 Å². The molecule has 1 fully saturated rings. The van der Waals surface area contributed by atoms with Gasteiger partial charge in [-0.05, 0) is 53.3 Å². The van der Waals surface area contributed by atoms with Gasteiger partial charge in [0.2, 0.25) is 0 Å². The molecule has 2 N–H and O–H groups in total. The zero-order chi connectivity index (χ0) is 14.3. The molecule has 20 heavy (non-hydrogen) atoms. The first-order valence-corrected chi connectivity index (χ1v) is 7.59. The van der Waals surface area contributed by atoms with Crippen LogP contribution in [-0.2, 0) is 0 Å². The molecule has 0 spiro atoms. The molecule has 2 aromatic rings. The van der Waals surface area contributed by atoms with Gasteiger partial charge in [0.05, 0.1) is 6.04 Å². The monoisotopic (exact) mass is 335 g/mol. The second-order valence-electron chi connectivity index (χ2n) is 6.25. The van der Waals surface area contributed by atoms with Gasteiger partial charge in [0.25, 0.3) is 0 Å². The Hall–Kier alpha value is -1.43. The van der Waals surface area contributed by atoms with E-state index in [-0.39, 0.29) is 0 Å². The Balaban J connectivity index is 2.01. The van der Waals surface area contributed by atoms with E-state index in [1.807, 2.05) is 22.9 Å². The van der Waals surface area contributed by atoms with Crippen molar-refractivity contribution in [3.63, 3.8) is 0 Å². The fraction of sp³-hybridized carbons (Fsp3) is 0.500. The molecule has 1 unspecified atom stereocenters. The molecule has 0 amide bonds. The molecule has 0 aliphatic heterocycles. The molecule has 1 aromatic heterocycles. The molecule has 1 atom stereocenters. The largest absolute Gasteiger partial charge is 0.399 e. The maximum atomic E-state index is 5.88. The first kappa shape index (κ1) is 13.5. The van der Waals surface area contributed by atoms with Gasteiger partial charge >= 0.3 is 0 Å². The lowest BCUT2D eigenvalue weighted by Crippen LogP contribution is -2.12. The molecular weight excluding hydrogens is 318 g/mol. The molecule has 1 aliphatic rings. The summed E-state index contributed by atoms with van der Waals surface area (Å²) in [5, 5.41) is 12.3. The zero-order valence-corrected chi connectivity index (χ0v) is 13.3. The first-order valence-electron chi connectivity index (χ1n) is 6.79. The SMILES string of the molecule is CC1(C)CCC(n2nnnc2-c2cc(N)ccc2Br)C1. The summed E-state index contributed by atoms with van der Waals surface area (Å²) in [6, 6.07) is 6.07. The van der Waals surface area contributed by atoms with Crippen molar-refractivity contribution in [1.29, 1.82) is 0 Å². The molecule has 106 valence electrons. The van der Waals surface area contributed by atoms with Crippen molar-refractivity contribution in [3.8, 4) is 11.4 Å². The Morgan fingerprint density at radius 3 is 2.90 bits per heavy atom. The summed E-state index contributed by atoms with van der Waals surface area (Å²) >= 11 is 3.55. The Morgan fingerprint density at radius 1 is 1.40 bits per heavy atom. The maximum Gasteiger partial charge on any atom is 0.183 e. The van der Waals surface area contributed by atoms with Crippen molar-refractivity contribution < 1.29 is 0 Å². The van der Waals surface area contributed by atoms with Crippen molar-refractivity contribution in [2.75, 3.05) is 5.73 Å². The predicted molar refractivity (Wildman–Crippen MR) is 82.0 cm³/mol. The quantitative estimate of drug-likeness (QED) is 0.853. The van der Waals surface area contributed by atoms with Gasteiger partial charge in [0.15, 0.2) is 5.82 Å². The number of nitrogens with zero attached hydrogens (tertiary/aromatic N) is 4. The van der Waals surface area contributed by atoms with Gasteiger partial charge in [-0.15, -0.1) is 5.10 Å². The minimum atomic E-state index is 0.362. The summed E-state index contributed by atoms with van der Waals surface area (Å²) in [6.45, 7) is 4.60. The van der Waals surface area contributed by atoms with Crippen molar-refractivity contribution >= 4 is 21.6 Å². The highest BCUT2D eigenvalue weighted by Crippen LogP contribution is 2.44. The minimum Gasteiger partial charge on any atom is -0.399 e. The predicted octanol–water partition coefficient (Wildman–Crippen LogP) is 3.44. The Morgan fingerprint density at radius 2 is 2.20 bits per heavy atom. The maximum absolute atomic E-state index is 5.88. The standard InChI is InChI=1S/C14H18BrN5/c1-14(2)6-5-10(8-14)20-13(17-18-19-20)11-7-9(16)3-4-12(11)15/h3-4,7,10H,5-6,8,16H2,1-2H3. The van der Waals surface area contributed by atoms with E-state index in [1.54, 1.807) is 0 Å². The van der Waals surface area contributed by atoms with E-state index in [0.717, 1.165) is 28.7 Å². The first-order chi connectivity index (χ1) is 9.46. The van der Waals surface area contributed by atoms with E-state index >= 15 is 0 Å². The molecule has 0 bridgehead atoms. The van der Waals surface area contributed by atoms with Crippen LogP contribution in [0.15, 0.2) is 22.7 Å². The van der Waals surface area contributed by atoms with E-state index in [0.29, 0.717) is 17.1 Å². The number of hydrogen-bond acceptors (Lipinski definition) is 4. The van der Waals surface area contributed by atoms with Gasteiger partial charge in [0.1, 0.15) is 0 Å². The number of benzene rings is 1. The number of tetrazole rings is 1. The van der Waals surface area contributed by atoms with Crippen LogP contribution >= 0.6 is 15.9 Å². The second kappa shape index (κ2) is 4.84. The van der Waals surface area contributed by atoms with Crippen LogP contribution in [0.3, 0.4) is 0 Å². The van der Waals surface area contributed by atoms with Crippen LogP contribution in [0, 0.1) is 5.41 Å². The fourth-order valence-electron chi connectivity index (χ4n) is 2.94. The van der Waals surface area contributed by atoms with Crippen molar-refractivity contribution in [2.45, 2.75) is 39.2 Å². The average molecular weight is 336 g/mol. The van der Waals surface area contributed by atoms with Crippen LogP contribution in [-0.4, -0.2) is 20.2 Å². The molecule has 1 saturated carbocycles. The van der Waals surface area contributed by atoms with Crippen LogP contribution < -0.4 is 5.73 Å². The summed E-state index contributed by atoms with van der Waals surface area (Å²) in [7, 11) is 0. The highest BCUT2D eigenvalue weighted by Gasteiger charge is 2.34. The number of nitrogens with two attached hydrogens (primary N) is 1. The number of rotatable bonds is 2. The van der Waals surface area contributed by atoms with Crippen LogP contribution in [0.2, 0.25) is 0 Å². The number of anilines is 1. The topological polar surface area (TPSA) is 69.6 Å². The van der Waals surface area contributed by atoms with Gasteiger partial charge in [-0.1, -0.05) is 29.8 Å². The molecule has 0 radical (unpaired) electrons. The van der Waals surface area contributed by atoms with Crippen molar-refractivity contribution in [1.82, 2.24) is 20.2 Å². The van der Waals surface area contributed by atoms with Gasteiger partial charge in [-0.2, -0.15) is 0 Å². The van der Waals surface area contributed by atoms with Crippen molar-refractivity contribution in [3.05, 3.63) is 22.7 Å². The molecule has 5 nitrogen and oxygen atoms in total. The summed E-state index contributed by atoms with van der Waals surface area (Å²) in [5.41, 5.74) is 7.90. The zero-order valence-electron chi connectivity index (χ0n) is 11.7. The highest BCUT2D eigenvalue weighted by atomic mass is 79.9. The third kappa shape index (κ3) is 2.44. The number of nitrogen functional groups attached to an aromatic ring is 1. The summed E-state index contributed by atoms with van der Waals surface area (Å²) in [5.74, 6) is 0.784. The highest BCUT2D eigenvalue weighted by molar-refractivity contribution is 9.10. The van der Waals surface area contributed by atoms with E-state index in [4.69, 9.17) is 5.73 Å². The smallest absolute Gasteiger partial charge is 0.183 e. The summed E-state index contributed by atoms with van der Waals surface area (Å²) in [6.07, 6.45) is 3.42. The Bertz CT molecular complexity index is 634. The van der Waals surface area contributed by atoms with E-state index in [1.165, 1.54) is 6.42 Å². The molecule has 3 rings (SSSR count). The summed E-state index contributed by atoms with van der Waals surface area (Å²) < 4.78 is 2.91. The molecule has 1 heterocycles. The third-order valence-electron chi connectivity index (χ3n) is 4.01. The Kier molecular flexibility index (Phi) is 3.28. The lowest BCUT2D eigenvalue weighted by Gasteiger charge is -2.17. The third-order valence-corrected chi connectivity index (χ3v) is 4.70. The number of aromatic nitrogens is 4. The lowest BCUT2D eigenvalue weighted by atomic mass is 9.92.